The third-order valence-corrected chi connectivity index (χ3v) is 5.59. The molecule has 9 nitrogen and oxygen atoms in total. The van der Waals surface area contributed by atoms with Crippen molar-refractivity contribution < 1.29 is 14.6 Å². The van der Waals surface area contributed by atoms with Crippen molar-refractivity contribution in [2.24, 2.45) is 10.9 Å². The van der Waals surface area contributed by atoms with E-state index in [0.717, 1.165) is 33.4 Å². The highest BCUT2D eigenvalue weighted by molar-refractivity contribution is 5.69. The number of rotatable bonds is 9. The molecule has 35 heavy (non-hydrogen) atoms. The predicted octanol–water partition coefficient (Wildman–Crippen LogP) is 3.00. The van der Waals surface area contributed by atoms with E-state index >= 15 is 0 Å². The summed E-state index contributed by atoms with van der Waals surface area (Å²) in [5.41, 5.74) is 2.16. The van der Waals surface area contributed by atoms with E-state index in [1.807, 2.05) is 51.1 Å². The predicted molar refractivity (Wildman–Crippen MR) is 133 cm³/mol. The molecule has 0 aliphatic heterocycles. The lowest BCUT2D eigenvalue weighted by atomic mass is 10.1. The lowest BCUT2D eigenvalue weighted by molar-refractivity contribution is -0.141. The molecule has 3 rings (SSSR count). The van der Waals surface area contributed by atoms with E-state index in [9.17, 15) is 19.5 Å². The zero-order valence-electron chi connectivity index (χ0n) is 20.7. The third-order valence-electron chi connectivity index (χ3n) is 5.59. The molecule has 2 N–H and O–H groups in total. The molecule has 0 unspecified atom stereocenters. The summed E-state index contributed by atoms with van der Waals surface area (Å²) < 4.78 is 8.03. The summed E-state index contributed by atoms with van der Waals surface area (Å²) in [5, 5.41) is 9.27. The van der Waals surface area contributed by atoms with Gasteiger partial charge in [0.1, 0.15) is 5.75 Å². The average molecular weight is 481 g/mol. The molecule has 0 bridgehead atoms. The Kier molecular flexibility index (Phi) is 8.11. The Morgan fingerprint density at radius 2 is 1.71 bits per heavy atom. The molecule has 0 amide bonds. The number of carboxylic acids is 1. The maximum Gasteiger partial charge on any atom is 0.335 e. The number of hydrogen-bond donors (Lipinski definition) is 2. The van der Waals surface area contributed by atoms with Crippen LogP contribution in [-0.4, -0.2) is 31.3 Å². The molecule has 0 saturated carbocycles. The molecule has 1 heterocycles. The molecular weight excluding hydrogens is 448 g/mol. The Morgan fingerprint density at radius 3 is 2.29 bits per heavy atom. The molecule has 0 aliphatic carbocycles. The Labute approximate surface area is 203 Å². The number of hydrogen-bond acceptors (Lipinski definition) is 5. The summed E-state index contributed by atoms with van der Waals surface area (Å²) >= 11 is 0. The third kappa shape index (κ3) is 6.38. The zero-order chi connectivity index (χ0) is 25.7. The van der Waals surface area contributed by atoms with E-state index in [-0.39, 0.29) is 24.8 Å². The molecule has 0 radical (unpaired) electrons. The quantitative estimate of drug-likeness (QED) is 0.488. The minimum absolute atomic E-state index is 0.0230. The second kappa shape index (κ2) is 11.0. The van der Waals surface area contributed by atoms with Gasteiger partial charge in [0.2, 0.25) is 5.62 Å². The molecule has 9 heteroatoms. The molecule has 3 aromatic rings. The van der Waals surface area contributed by atoms with Gasteiger partial charge in [-0.15, -0.1) is 0 Å². The SMILES string of the molecule is CCc1ccc(Cn2c(=O)n(C[C@H](C)C(=O)O)c(=O)[nH]/c2=N\c2ccc(OC(C)C)c(C)c2)cc1. The number of aliphatic carboxylic acids is 1. The zero-order valence-corrected chi connectivity index (χ0v) is 20.7. The van der Waals surface area contributed by atoms with Crippen LogP contribution in [0.4, 0.5) is 5.69 Å². The minimum Gasteiger partial charge on any atom is -0.491 e. The summed E-state index contributed by atoms with van der Waals surface area (Å²) in [6, 6.07) is 13.2. The van der Waals surface area contributed by atoms with Crippen LogP contribution in [-0.2, 0) is 24.3 Å². The fourth-order valence-electron chi connectivity index (χ4n) is 3.57. The number of nitrogens with zero attached hydrogens (tertiary/aromatic N) is 3. The van der Waals surface area contributed by atoms with E-state index in [4.69, 9.17) is 4.74 Å². The Bertz CT molecular complexity index is 1380. The molecule has 0 fully saturated rings. The first-order valence-electron chi connectivity index (χ1n) is 11.7. The number of aromatic nitrogens is 3. The summed E-state index contributed by atoms with van der Waals surface area (Å²) in [7, 11) is 0. The molecule has 186 valence electrons. The average Bonchev–Trinajstić information content (AvgIpc) is 2.81. The van der Waals surface area contributed by atoms with Crippen LogP contribution in [0.2, 0.25) is 0 Å². The fraction of sp³-hybridized carbons (Fsp3) is 0.385. The van der Waals surface area contributed by atoms with Gasteiger partial charge >= 0.3 is 17.3 Å². The second-order valence-corrected chi connectivity index (χ2v) is 8.87. The lowest BCUT2D eigenvalue weighted by Gasteiger charge is -2.14. The monoisotopic (exact) mass is 480 g/mol. The van der Waals surface area contributed by atoms with Gasteiger partial charge in [0.25, 0.3) is 0 Å². The van der Waals surface area contributed by atoms with Crippen LogP contribution in [0, 0.1) is 12.8 Å². The highest BCUT2D eigenvalue weighted by atomic mass is 16.5. The van der Waals surface area contributed by atoms with Gasteiger partial charge in [-0.2, -0.15) is 0 Å². The topological polar surface area (TPSA) is 119 Å². The van der Waals surface area contributed by atoms with Crippen molar-refractivity contribution >= 4 is 11.7 Å². The molecule has 2 aromatic carbocycles. The van der Waals surface area contributed by atoms with Crippen LogP contribution < -0.4 is 21.7 Å². The molecule has 1 aromatic heterocycles. The largest absolute Gasteiger partial charge is 0.491 e. The van der Waals surface area contributed by atoms with Crippen LogP contribution in [0.1, 0.15) is 44.4 Å². The normalized spacial score (nSPS) is 12.7. The van der Waals surface area contributed by atoms with Crippen molar-refractivity contribution in [1.82, 2.24) is 14.1 Å². The van der Waals surface area contributed by atoms with Gasteiger partial charge in [-0.05, 0) is 62.1 Å². The lowest BCUT2D eigenvalue weighted by Crippen LogP contribution is -2.51. The van der Waals surface area contributed by atoms with E-state index in [1.165, 1.54) is 11.5 Å². The summed E-state index contributed by atoms with van der Waals surface area (Å²) in [6.07, 6.45) is 0.914. The standard InChI is InChI=1S/C26H32N4O5/c1-6-19-7-9-20(10-8-19)15-29-24(27-21-11-12-22(17(4)13-21)35-16(2)3)28-25(33)30(26(29)34)14-18(5)23(31)32/h7-13,16,18H,6,14-15H2,1-5H3,(H,31,32)(H,27,28,33)/t18-/m0/s1. The number of carboxylic acid groups (broad SMARTS) is 1. The van der Waals surface area contributed by atoms with E-state index in [1.54, 1.807) is 12.1 Å². The van der Waals surface area contributed by atoms with Crippen LogP contribution >= 0.6 is 0 Å². The van der Waals surface area contributed by atoms with Crippen LogP contribution in [0.3, 0.4) is 0 Å². The molecule has 0 saturated heterocycles. The van der Waals surface area contributed by atoms with Gasteiger partial charge in [0.05, 0.1) is 24.3 Å². The van der Waals surface area contributed by atoms with Crippen LogP contribution in [0.25, 0.3) is 0 Å². The van der Waals surface area contributed by atoms with Crippen molar-refractivity contribution in [3.63, 3.8) is 0 Å². The molecule has 1 atom stereocenters. The van der Waals surface area contributed by atoms with E-state index in [2.05, 4.69) is 16.9 Å². The number of aryl methyl sites for hydroxylation is 2. The van der Waals surface area contributed by atoms with Crippen molar-refractivity contribution in [2.75, 3.05) is 0 Å². The number of nitrogens with one attached hydrogen (secondary N) is 1. The van der Waals surface area contributed by atoms with Crippen LogP contribution in [0.5, 0.6) is 5.75 Å². The summed E-state index contributed by atoms with van der Waals surface area (Å²) in [4.78, 5) is 44.7. The van der Waals surface area contributed by atoms with Gasteiger partial charge in [-0.3, -0.25) is 14.3 Å². The highest BCUT2D eigenvalue weighted by Crippen LogP contribution is 2.24. The number of aromatic amines is 1. The van der Waals surface area contributed by atoms with E-state index in [0.29, 0.717) is 5.69 Å². The van der Waals surface area contributed by atoms with Crippen molar-refractivity contribution in [2.45, 2.75) is 60.2 Å². The first-order valence-corrected chi connectivity index (χ1v) is 11.7. The van der Waals surface area contributed by atoms with Crippen LogP contribution in [0.15, 0.2) is 57.0 Å². The number of carbonyl (C=O) groups is 1. The second-order valence-electron chi connectivity index (χ2n) is 8.87. The Morgan fingerprint density at radius 1 is 1.06 bits per heavy atom. The maximum atomic E-state index is 13.4. The first-order chi connectivity index (χ1) is 16.6. The number of H-pyrrole nitrogens is 1. The van der Waals surface area contributed by atoms with Gasteiger partial charge in [-0.25, -0.2) is 19.1 Å². The van der Waals surface area contributed by atoms with Gasteiger partial charge < -0.3 is 9.84 Å². The first kappa shape index (κ1) is 25.7. The maximum absolute atomic E-state index is 13.4. The van der Waals surface area contributed by atoms with Crippen molar-refractivity contribution in [3.05, 3.63) is 85.7 Å². The molecule has 0 aliphatic rings. The van der Waals surface area contributed by atoms with Gasteiger partial charge in [0.15, 0.2) is 0 Å². The smallest absolute Gasteiger partial charge is 0.335 e. The van der Waals surface area contributed by atoms with Gasteiger partial charge in [0, 0.05) is 6.54 Å². The summed E-state index contributed by atoms with van der Waals surface area (Å²) in [5.74, 6) is -1.27. The minimum atomic E-state index is -1.09. The fourth-order valence-corrected chi connectivity index (χ4v) is 3.57. The highest BCUT2D eigenvalue weighted by Gasteiger charge is 2.17. The summed E-state index contributed by atoms with van der Waals surface area (Å²) in [6.45, 7) is 9.20. The molecule has 0 spiro atoms. The molecular formula is C26H32N4O5. The number of benzene rings is 2. The van der Waals surface area contributed by atoms with Gasteiger partial charge in [-0.1, -0.05) is 38.1 Å². The van der Waals surface area contributed by atoms with Crippen molar-refractivity contribution in [3.8, 4) is 5.75 Å². The van der Waals surface area contributed by atoms with Crippen molar-refractivity contribution in [1.29, 1.82) is 0 Å². The Hall–Kier alpha value is -3.88. The number of ether oxygens (including phenoxy) is 1. The Balaban J connectivity index is 2.15. The van der Waals surface area contributed by atoms with E-state index < -0.39 is 23.3 Å².